The van der Waals surface area contributed by atoms with Gasteiger partial charge in [0.1, 0.15) is 0 Å². The molecule has 0 N–H and O–H groups in total. The first kappa shape index (κ1) is 6.08. The third kappa shape index (κ3) is 5.08. The second kappa shape index (κ2) is 5.08. The van der Waals surface area contributed by atoms with Gasteiger partial charge in [0.15, 0.2) is 6.29 Å². The van der Waals surface area contributed by atoms with Crippen LogP contribution in [0.4, 0.5) is 0 Å². The Morgan fingerprint density at radius 3 is 2.86 bits per heavy atom. The van der Waals surface area contributed by atoms with Crippen LogP contribution in [0.3, 0.4) is 0 Å². The lowest BCUT2D eigenvalue weighted by molar-refractivity contribution is -0.102. The summed E-state index contributed by atoms with van der Waals surface area (Å²) in [5.74, 6) is 0. The van der Waals surface area contributed by atoms with Crippen molar-refractivity contribution < 1.29 is 4.79 Å². The predicted molar refractivity (Wildman–Crippen MR) is 29.6 cm³/mol. The van der Waals surface area contributed by atoms with Crippen molar-refractivity contribution in [1.82, 2.24) is 0 Å². The minimum Gasteiger partial charge on any atom is -0.297 e. The summed E-state index contributed by atoms with van der Waals surface area (Å²) in [6.07, 6.45) is 3.48. The molecule has 38 valence electrons. The van der Waals surface area contributed by atoms with E-state index in [1.54, 1.807) is 6.08 Å². The van der Waals surface area contributed by atoms with Crippen molar-refractivity contribution in [3.05, 3.63) is 12.7 Å². The van der Waals surface area contributed by atoms with Gasteiger partial charge in [0.25, 0.3) is 0 Å². The molecule has 0 aliphatic rings. The van der Waals surface area contributed by atoms with E-state index in [-0.39, 0.29) is 0 Å². The van der Waals surface area contributed by atoms with Crippen molar-refractivity contribution in [1.29, 1.82) is 0 Å². The summed E-state index contributed by atoms with van der Waals surface area (Å²) >= 11 is 0. The van der Waals surface area contributed by atoms with Crippen LogP contribution in [-0.4, -0.2) is 19.0 Å². The maximum atomic E-state index is 9.50. The minimum absolute atomic E-state index is 0.527. The smallest absolute Gasteiger partial charge is 0.160 e. The molecule has 2 heteroatoms. The SMILES string of the molecule is C=CCN=CC=O. The van der Waals surface area contributed by atoms with Crippen molar-refractivity contribution in [2.75, 3.05) is 6.54 Å². The van der Waals surface area contributed by atoms with Gasteiger partial charge in [-0.2, -0.15) is 0 Å². The van der Waals surface area contributed by atoms with Gasteiger partial charge in [0.2, 0.25) is 0 Å². The highest BCUT2D eigenvalue weighted by molar-refractivity contribution is 6.12. The van der Waals surface area contributed by atoms with Crippen molar-refractivity contribution in [3.8, 4) is 0 Å². The lowest BCUT2D eigenvalue weighted by atomic mass is 10.6. The highest BCUT2D eigenvalue weighted by atomic mass is 16.1. The molecule has 0 aliphatic carbocycles. The minimum atomic E-state index is 0.527. The van der Waals surface area contributed by atoms with Gasteiger partial charge in [-0.3, -0.25) is 9.79 Å². The number of hydrogen-bond donors (Lipinski definition) is 0. The quantitative estimate of drug-likeness (QED) is 0.285. The Morgan fingerprint density at radius 2 is 2.43 bits per heavy atom. The normalized spacial score (nSPS) is 9.14. The van der Waals surface area contributed by atoms with Gasteiger partial charge in [-0.25, -0.2) is 0 Å². The molecule has 0 heterocycles. The second-order valence-corrected chi connectivity index (χ2v) is 0.939. The number of carbonyl (C=O) groups is 1. The Hall–Kier alpha value is -0.920. The van der Waals surface area contributed by atoms with E-state index in [1.165, 1.54) is 6.21 Å². The third-order valence-electron chi connectivity index (χ3n) is 0.401. The molecule has 0 aromatic heterocycles. The monoisotopic (exact) mass is 97.1 g/mol. The zero-order valence-electron chi connectivity index (χ0n) is 4.00. The van der Waals surface area contributed by atoms with Gasteiger partial charge in [0, 0.05) is 0 Å². The van der Waals surface area contributed by atoms with Gasteiger partial charge < -0.3 is 0 Å². The van der Waals surface area contributed by atoms with E-state index in [1.807, 2.05) is 0 Å². The van der Waals surface area contributed by atoms with Crippen LogP contribution < -0.4 is 0 Å². The van der Waals surface area contributed by atoms with E-state index in [4.69, 9.17) is 0 Å². The van der Waals surface area contributed by atoms with E-state index in [2.05, 4.69) is 11.6 Å². The molecule has 0 fully saturated rings. The molecule has 0 aliphatic heterocycles. The largest absolute Gasteiger partial charge is 0.297 e. The van der Waals surface area contributed by atoms with Gasteiger partial charge in [-0.15, -0.1) is 6.58 Å². The average Bonchev–Trinajstić information content (AvgIpc) is 1.69. The first-order valence-corrected chi connectivity index (χ1v) is 1.96. The lowest BCUT2D eigenvalue weighted by Gasteiger charge is -1.71. The standard InChI is InChI=1S/C5H7NO/c1-2-3-6-4-5-7/h2,4-5H,1,3H2. The van der Waals surface area contributed by atoms with Crippen LogP contribution in [0, 0.1) is 0 Å². The Balaban J connectivity index is 3.08. The fourth-order valence-corrected chi connectivity index (χ4v) is 0.178. The summed E-state index contributed by atoms with van der Waals surface area (Å²) in [5.41, 5.74) is 0. The summed E-state index contributed by atoms with van der Waals surface area (Å²) in [7, 11) is 0. The fraction of sp³-hybridized carbons (Fsp3) is 0.200. The zero-order chi connectivity index (χ0) is 5.54. The summed E-state index contributed by atoms with van der Waals surface area (Å²) in [4.78, 5) is 13.1. The Labute approximate surface area is 42.6 Å². The maximum Gasteiger partial charge on any atom is 0.160 e. The molecule has 0 unspecified atom stereocenters. The number of aliphatic imine (C=N–C) groups is 1. The van der Waals surface area contributed by atoms with Gasteiger partial charge in [-0.1, -0.05) is 6.08 Å². The highest BCUT2D eigenvalue weighted by Gasteiger charge is 1.62. The summed E-state index contributed by atoms with van der Waals surface area (Å²) in [5, 5.41) is 0. The molecule has 0 bridgehead atoms. The van der Waals surface area contributed by atoms with E-state index in [9.17, 15) is 4.79 Å². The number of hydrogen-bond acceptors (Lipinski definition) is 2. The van der Waals surface area contributed by atoms with E-state index < -0.39 is 0 Å². The molecular formula is C5H7NO. The van der Waals surface area contributed by atoms with Crippen LogP contribution in [0.1, 0.15) is 0 Å². The number of nitrogens with zero attached hydrogens (tertiary/aromatic N) is 1. The summed E-state index contributed by atoms with van der Waals surface area (Å²) in [6.45, 7) is 3.93. The van der Waals surface area contributed by atoms with Crippen LogP contribution in [0.5, 0.6) is 0 Å². The Bertz CT molecular complexity index is 86.1. The number of rotatable bonds is 3. The topological polar surface area (TPSA) is 29.4 Å². The van der Waals surface area contributed by atoms with Gasteiger partial charge >= 0.3 is 0 Å². The van der Waals surface area contributed by atoms with Crippen LogP contribution in [0.25, 0.3) is 0 Å². The molecule has 0 saturated carbocycles. The maximum absolute atomic E-state index is 9.50. The Morgan fingerprint density at radius 1 is 1.71 bits per heavy atom. The molecule has 0 spiro atoms. The van der Waals surface area contributed by atoms with Crippen LogP contribution in [-0.2, 0) is 4.79 Å². The average molecular weight is 97.1 g/mol. The second-order valence-electron chi connectivity index (χ2n) is 0.939. The molecule has 0 aromatic rings. The summed E-state index contributed by atoms with van der Waals surface area (Å²) < 4.78 is 0. The Kier molecular flexibility index (Phi) is 4.41. The molecule has 0 aromatic carbocycles. The van der Waals surface area contributed by atoms with Crippen molar-refractivity contribution in [2.45, 2.75) is 0 Å². The first-order chi connectivity index (χ1) is 3.41. The molecule has 0 radical (unpaired) electrons. The third-order valence-corrected chi connectivity index (χ3v) is 0.401. The van der Waals surface area contributed by atoms with E-state index >= 15 is 0 Å². The number of carbonyl (C=O) groups excluding carboxylic acids is 1. The van der Waals surface area contributed by atoms with Gasteiger partial charge in [0.05, 0.1) is 12.8 Å². The van der Waals surface area contributed by atoms with E-state index in [0.717, 1.165) is 0 Å². The van der Waals surface area contributed by atoms with Crippen molar-refractivity contribution in [3.63, 3.8) is 0 Å². The lowest BCUT2D eigenvalue weighted by Crippen LogP contribution is -1.74. The van der Waals surface area contributed by atoms with E-state index in [0.29, 0.717) is 12.8 Å². The first-order valence-electron chi connectivity index (χ1n) is 1.96. The summed E-state index contributed by atoms with van der Waals surface area (Å²) in [6, 6.07) is 0. The zero-order valence-corrected chi connectivity index (χ0v) is 4.00. The van der Waals surface area contributed by atoms with Crippen molar-refractivity contribution >= 4 is 12.5 Å². The fourth-order valence-electron chi connectivity index (χ4n) is 0.178. The molecule has 0 amide bonds. The molecule has 2 nitrogen and oxygen atoms in total. The predicted octanol–water partition coefficient (Wildman–Crippen LogP) is 0.442. The number of aldehydes is 1. The molecule has 0 saturated heterocycles. The molecule has 0 atom stereocenters. The molecule has 7 heavy (non-hydrogen) atoms. The van der Waals surface area contributed by atoms with Crippen LogP contribution in [0.15, 0.2) is 17.6 Å². The molecular weight excluding hydrogens is 90.1 g/mol. The van der Waals surface area contributed by atoms with Crippen molar-refractivity contribution in [2.24, 2.45) is 4.99 Å². The highest BCUT2D eigenvalue weighted by Crippen LogP contribution is 1.63. The van der Waals surface area contributed by atoms with Crippen LogP contribution >= 0.6 is 0 Å². The van der Waals surface area contributed by atoms with Gasteiger partial charge in [-0.05, 0) is 0 Å². The van der Waals surface area contributed by atoms with Crippen LogP contribution in [0.2, 0.25) is 0 Å². The molecule has 0 rings (SSSR count).